The summed E-state index contributed by atoms with van der Waals surface area (Å²) in [6.45, 7) is 4.61. The van der Waals surface area contributed by atoms with E-state index >= 15 is 0 Å². The van der Waals surface area contributed by atoms with Crippen LogP contribution >= 0.6 is 23.1 Å². The van der Waals surface area contributed by atoms with E-state index in [0.29, 0.717) is 11.6 Å². The topological polar surface area (TPSA) is 24.4 Å². The second-order valence-corrected chi connectivity index (χ2v) is 8.44. The Morgan fingerprint density at radius 2 is 2.25 bits per heavy atom. The first kappa shape index (κ1) is 14.5. The summed E-state index contributed by atoms with van der Waals surface area (Å²) in [4.78, 5) is 6.33. The highest BCUT2D eigenvalue weighted by atomic mass is 32.2. The zero-order valence-electron chi connectivity index (χ0n) is 12.4. The van der Waals surface area contributed by atoms with Crippen LogP contribution in [0.15, 0.2) is 22.5 Å². The van der Waals surface area contributed by atoms with Crippen molar-refractivity contribution in [3.8, 4) is 0 Å². The maximum Gasteiger partial charge on any atom is 0.157 e. The van der Waals surface area contributed by atoms with E-state index in [1.54, 1.807) is 0 Å². The summed E-state index contributed by atoms with van der Waals surface area (Å²) in [7, 11) is 0. The molecule has 2 aliphatic rings. The van der Waals surface area contributed by atoms with Crippen molar-refractivity contribution < 1.29 is 0 Å². The van der Waals surface area contributed by atoms with Crippen molar-refractivity contribution in [1.29, 1.82) is 0 Å². The molecular formula is C16H24N2S2. The molecule has 1 unspecified atom stereocenters. The van der Waals surface area contributed by atoms with Gasteiger partial charge in [-0.05, 0) is 50.0 Å². The molecule has 1 saturated carbocycles. The van der Waals surface area contributed by atoms with Crippen molar-refractivity contribution in [2.45, 2.75) is 57.5 Å². The molecule has 110 valence electrons. The Balaban J connectivity index is 1.57. The Morgan fingerprint density at radius 1 is 1.45 bits per heavy atom. The third-order valence-electron chi connectivity index (χ3n) is 4.50. The lowest BCUT2D eigenvalue weighted by Crippen LogP contribution is -2.46. The highest BCUT2D eigenvalue weighted by molar-refractivity contribution is 8.14. The molecule has 0 radical (unpaired) electrons. The fourth-order valence-electron chi connectivity index (χ4n) is 3.12. The zero-order valence-corrected chi connectivity index (χ0v) is 14.0. The molecule has 1 aliphatic carbocycles. The van der Waals surface area contributed by atoms with Gasteiger partial charge in [-0.3, -0.25) is 4.99 Å². The van der Waals surface area contributed by atoms with Crippen molar-refractivity contribution in [2.75, 3.05) is 5.75 Å². The fraction of sp³-hybridized carbons (Fsp3) is 0.688. The average Bonchev–Trinajstić information content (AvgIpc) is 3.04. The van der Waals surface area contributed by atoms with E-state index < -0.39 is 0 Å². The molecule has 1 saturated heterocycles. The van der Waals surface area contributed by atoms with Crippen LogP contribution in [-0.4, -0.2) is 22.5 Å². The van der Waals surface area contributed by atoms with E-state index in [0.717, 1.165) is 12.3 Å². The minimum atomic E-state index is 0.360. The van der Waals surface area contributed by atoms with Gasteiger partial charge in [-0.15, -0.1) is 11.3 Å². The molecule has 1 aromatic heterocycles. The zero-order chi connectivity index (χ0) is 14.0. The molecule has 1 aromatic rings. The van der Waals surface area contributed by atoms with Crippen LogP contribution < -0.4 is 5.32 Å². The molecule has 2 nitrogen and oxygen atoms in total. The van der Waals surface area contributed by atoms with E-state index in [1.165, 1.54) is 41.5 Å². The molecular weight excluding hydrogens is 284 g/mol. The average molecular weight is 309 g/mol. The second kappa shape index (κ2) is 6.10. The quantitative estimate of drug-likeness (QED) is 0.899. The molecule has 1 N–H and O–H groups in total. The number of rotatable bonds is 3. The Hall–Kier alpha value is -0.480. The van der Waals surface area contributed by atoms with Crippen LogP contribution in [-0.2, 0) is 6.42 Å². The summed E-state index contributed by atoms with van der Waals surface area (Å²) in [6.07, 6.45) is 6.43. The van der Waals surface area contributed by atoms with Crippen molar-refractivity contribution >= 4 is 28.3 Å². The first-order valence-electron chi connectivity index (χ1n) is 7.66. The second-order valence-electron chi connectivity index (χ2n) is 6.44. The van der Waals surface area contributed by atoms with E-state index in [1.807, 2.05) is 23.1 Å². The van der Waals surface area contributed by atoms with Crippen LogP contribution in [0.3, 0.4) is 0 Å². The van der Waals surface area contributed by atoms with Crippen molar-refractivity contribution in [3.05, 3.63) is 22.4 Å². The number of hydrogen-bond acceptors (Lipinski definition) is 3. The Kier molecular flexibility index (Phi) is 4.41. The number of thioether (sulfide) groups is 1. The molecule has 3 rings (SSSR count). The van der Waals surface area contributed by atoms with E-state index in [2.05, 4.69) is 36.7 Å². The number of amidine groups is 1. The highest BCUT2D eigenvalue weighted by Crippen LogP contribution is 2.38. The Morgan fingerprint density at radius 3 is 2.95 bits per heavy atom. The van der Waals surface area contributed by atoms with Crippen LogP contribution in [0.2, 0.25) is 0 Å². The summed E-state index contributed by atoms with van der Waals surface area (Å²) in [6, 6.07) is 4.71. The molecule has 2 heterocycles. The smallest absolute Gasteiger partial charge is 0.157 e. The van der Waals surface area contributed by atoms with Gasteiger partial charge in [0.25, 0.3) is 0 Å². The van der Waals surface area contributed by atoms with Crippen LogP contribution in [0, 0.1) is 5.92 Å². The van der Waals surface area contributed by atoms with Crippen molar-refractivity contribution in [2.24, 2.45) is 10.9 Å². The largest absolute Gasteiger partial charge is 0.359 e. The lowest BCUT2D eigenvalue weighted by molar-refractivity contribution is 0.250. The minimum Gasteiger partial charge on any atom is -0.359 e. The van der Waals surface area contributed by atoms with Gasteiger partial charge in [0, 0.05) is 22.6 Å². The molecule has 1 aliphatic heterocycles. The number of nitrogens with one attached hydrogen (secondary N) is 1. The highest BCUT2D eigenvalue weighted by Gasteiger charge is 2.39. The van der Waals surface area contributed by atoms with Gasteiger partial charge < -0.3 is 5.32 Å². The normalized spacial score (nSPS) is 33.5. The lowest BCUT2D eigenvalue weighted by atomic mass is 9.78. The van der Waals surface area contributed by atoms with Crippen LogP contribution in [0.4, 0.5) is 0 Å². The maximum absolute atomic E-state index is 4.89. The van der Waals surface area contributed by atoms with Gasteiger partial charge in [0.2, 0.25) is 0 Å². The first-order valence-corrected chi connectivity index (χ1v) is 9.53. The van der Waals surface area contributed by atoms with Crippen molar-refractivity contribution in [3.63, 3.8) is 0 Å². The van der Waals surface area contributed by atoms with Gasteiger partial charge in [-0.25, -0.2) is 0 Å². The predicted molar refractivity (Wildman–Crippen MR) is 90.9 cm³/mol. The predicted octanol–water partition coefficient (Wildman–Crippen LogP) is 4.32. The van der Waals surface area contributed by atoms with E-state index in [-0.39, 0.29) is 0 Å². The van der Waals surface area contributed by atoms with E-state index in [9.17, 15) is 0 Å². The third-order valence-corrected chi connectivity index (χ3v) is 6.58. The van der Waals surface area contributed by atoms with Crippen LogP contribution in [0.25, 0.3) is 0 Å². The van der Waals surface area contributed by atoms with Gasteiger partial charge in [-0.2, -0.15) is 0 Å². The molecule has 20 heavy (non-hydrogen) atoms. The molecule has 0 amide bonds. The van der Waals surface area contributed by atoms with Gasteiger partial charge in [-0.1, -0.05) is 24.8 Å². The van der Waals surface area contributed by atoms with Gasteiger partial charge in [0.15, 0.2) is 5.17 Å². The Labute approximate surface area is 130 Å². The van der Waals surface area contributed by atoms with E-state index in [4.69, 9.17) is 4.99 Å². The number of hydrogen-bond donors (Lipinski definition) is 1. The summed E-state index contributed by atoms with van der Waals surface area (Å²) in [5, 5.41) is 7.09. The van der Waals surface area contributed by atoms with Gasteiger partial charge >= 0.3 is 0 Å². The van der Waals surface area contributed by atoms with Gasteiger partial charge in [0.1, 0.15) is 0 Å². The Bertz CT molecular complexity index is 459. The molecule has 1 spiro atoms. The number of thiophene rings is 1. The SMILES string of the molecule is CC1CCC2(CC1)CSC(=NC(C)Cc1cccs1)N2. The molecule has 2 fully saturated rings. The molecule has 0 aromatic carbocycles. The first-order chi connectivity index (χ1) is 9.65. The number of nitrogens with zero attached hydrogens (tertiary/aromatic N) is 1. The monoisotopic (exact) mass is 308 g/mol. The molecule has 1 atom stereocenters. The number of aliphatic imine (C=N–C) groups is 1. The molecule has 4 heteroatoms. The third kappa shape index (κ3) is 3.40. The standard InChI is InChI=1S/C16H24N2S2/c1-12-5-7-16(8-6-12)11-20-15(18-16)17-13(2)10-14-4-3-9-19-14/h3-4,9,12-13H,5-8,10-11H2,1-2H3,(H,17,18). The fourth-order valence-corrected chi connectivity index (χ4v) is 5.27. The maximum atomic E-state index is 4.89. The summed E-state index contributed by atoms with van der Waals surface area (Å²) >= 11 is 3.77. The summed E-state index contributed by atoms with van der Waals surface area (Å²) < 4.78 is 0. The summed E-state index contributed by atoms with van der Waals surface area (Å²) in [5.74, 6) is 2.12. The van der Waals surface area contributed by atoms with Gasteiger partial charge in [0.05, 0.1) is 6.04 Å². The summed E-state index contributed by atoms with van der Waals surface area (Å²) in [5.41, 5.74) is 0.360. The molecule has 0 bridgehead atoms. The van der Waals surface area contributed by atoms with Crippen LogP contribution in [0.5, 0.6) is 0 Å². The minimum absolute atomic E-state index is 0.360. The van der Waals surface area contributed by atoms with Crippen LogP contribution in [0.1, 0.15) is 44.4 Å². The lowest BCUT2D eigenvalue weighted by Gasteiger charge is -2.35. The van der Waals surface area contributed by atoms with Crippen molar-refractivity contribution in [1.82, 2.24) is 5.32 Å².